The van der Waals surface area contributed by atoms with Crippen molar-refractivity contribution in [2.24, 2.45) is 0 Å². The van der Waals surface area contributed by atoms with Gasteiger partial charge in [0.25, 0.3) is 11.8 Å². The second-order valence-corrected chi connectivity index (χ2v) is 5.64. The van der Waals surface area contributed by atoms with Crippen LogP contribution in [0.3, 0.4) is 0 Å². The van der Waals surface area contributed by atoms with Gasteiger partial charge < -0.3 is 4.74 Å². The monoisotopic (exact) mass is 366 g/mol. The van der Waals surface area contributed by atoms with Crippen LogP contribution in [0.2, 0.25) is 0 Å². The molecule has 2 rings (SSSR count). The van der Waals surface area contributed by atoms with Crippen molar-refractivity contribution in [1.82, 2.24) is 10.9 Å². The Balaban J connectivity index is 1.85. The van der Waals surface area contributed by atoms with Gasteiger partial charge in [-0.2, -0.15) is 13.2 Å². The zero-order valence-electron chi connectivity index (χ0n) is 14.1. The number of hydrogen-bond donors (Lipinski definition) is 2. The van der Waals surface area contributed by atoms with Gasteiger partial charge in [-0.05, 0) is 55.3 Å². The first-order valence-corrected chi connectivity index (χ1v) is 7.63. The molecule has 0 aliphatic rings. The number of carbonyl (C=O) groups excluding carboxylic acids is 2. The van der Waals surface area contributed by atoms with Crippen molar-refractivity contribution < 1.29 is 27.5 Å². The minimum absolute atomic E-state index is 0.0197. The number of hydrazine groups is 1. The maximum absolute atomic E-state index is 12.5. The number of benzene rings is 2. The summed E-state index contributed by atoms with van der Waals surface area (Å²) in [6.45, 7) is 3.40. The lowest BCUT2D eigenvalue weighted by Crippen LogP contribution is -2.43. The Morgan fingerprint density at radius 2 is 1.65 bits per heavy atom. The summed E-state index contributed by atoms with van der Waals surface area (Å²) in [6, 6.07) is 9.18. The van der Waals surface area contributed by atoms with Crippen molar-refractivity contribution in [1.29, 1.82) is 0 Å². The molecule has 2 N–H and O–H groups in total. The topological polar surface area (TPSA) is 67.4 Å². The Morgan fingerprint density at radius 3 is 2.27 bits per heavy atom. The van der Waals surface area contributed by atoms with Gasteiger partial charge >= 0.3 is 6.18 Å². The van der Waals surface area contributed by atoms with E-state index in [2.05, 4.69) is 10.9 Å². The number of ether oxygens (including phenoxy) is 1. The predicted molar refractivity (Wildman–Crippen MR) is 88.5 cm³/mol. The van der Waals surface area contributed by atoms with Crippen molar-refractivity contribution in [3.8, 4) is 5.75 Å². The van der Waals surface area contributed by atoms with Gasteiger partial charge in [0.2, 0.25) is 0 Å². The molecule has 8 heteroatoms. The lowest BCUT2D eigenvalue weighted by molar-refractivity contribution is -0.137. The van der Waals surface area contributed by atoms with Gasteiger partial charge in [-0.1, -0.05) is 12.1 Å². The smallest absolute Gasteiger partial charge is 0.416 e. The van der Waals surface area contributed by atoms with E-state index in [1.165, 1.54) is 0 Å². The van der Waals surface area contributed by atoms with Crippen LogP contribution in [0, 0.1) is 13.8 Å². The number of amides is 2. The van der Waals surface area contributed by atoms with E-state index in [-0.39, 0.29) is 12.2 Å². The summed E-state index contributed by atoms with van der Waals surface area (Å²) >= 11 is 0. The number of hydrogen-bond acceptors (Lipinski definition) is 3. The Bertz CT molecular complexity index is 802. The highest BCUT2D eigenvalue weighted by atomic mass is 19.4. The average Bonchev–Trinajstić information content (AvgIpc) is 2.59. The molecular weight excluding hydrogens is 349 g/mol. The molecule has 138 valence electrons. The van der Waals surface area contributed by atoms with Gasteiger partial charge in [-0.25, -0.2) is 0 Å². The molecule has 2 aromatic carbocycles. The van der Waals surface area contributed by atoms with Crippen LogP contribution in [-0.2, 0) is 11.0 Å². The van der Waals surface area contributed by atoms with Crippen LogP contribution in [-0.4, -0.2) is 18.4 Å². The van der Waals surface area contributed by atoms with Crippen LogP contribution in [0.4, 0.5) is 13.2 Å². The molecule has 2 aromatic rings. The van der Waals surface area contributed by atoms with E-state index in [9.17, 15) is 22.8 Å². The first-order chi connectivity index (χ1) is 12.2. The summed E-state index contributed by atoms with van der Waals surface area (Å²) in [6.07, 6.45) is -4.48. The van der Waals surface area contributed by atoms with Crippen LogP contribution in [0.25, 0.3) is 0 Å². The molecule has 2 amide bonds. The third-order valence-corrected chi connectivity index (χ3v) is 3.49. The maximum Gasteiger partial charge on any atom is 0.416 e. The first-order valence-electron chi connectivity index (χ1n) is 7.63. The van der Waals surface area contributed by atoms with Crippen molar-refractivity contribution in [2.75, 3.05) is 6.61 Å². The van der Waals surface area contributed by atoms with Crippen molar-refractivity contribution in [2.45, 2.75) is 20.0 Å². The number of nitrogens with one attached hydrogen (secondary N) is 2. The van der Waals surface area contributed by atoms with Gasteiger partial charge in [0.1, 0.15) is 5.75 Å². The zero-order valence-corrected chi connectivity index (χ0v) is 14.1. The van der Waals surface area contributed by atoms with E-state index in [0.29, 0.717) is 5.75 Å². The van der Waals surface area contributed by atoms with Crippen LogP contribution in [0.5, 0.6) is 5.75 Å². The van der Waals surface area contributed by atoms with Crippen molar-refractivity contribution in [3.05, 3.63) is 64.7 Å². The van der Waals surface area contributed by atoms with Gasteiger partial charge in [0, 0.05) is 5.56 Å². The normalized spacial score (nSPS) is 11.0. The minimum Gasteiger partial charge on any atom is -0.483 e. The predicted octanol–water partition coefficient (Wildman–Crippen LogP) is 3.16. The number of rotatable bonds is 4. The fourth-order valence-corrected chi connectivity index (χ4v) is 2.05. The second kappa shape index (κ2) is 7.90. The summed E-state index contributed by atoms with van der Waals surface area (Å²) in [4.78, 5) is 23.6. The Kier molecular flexibility index (Phi) is 5.86. The minimum atomic E-state index is -4.48. The van der Waals surface area contributed by atoms with E-state index < -0.39 is 23.6 Å². The van der Waals surface area contributed by atoms with Gasteiger partial charge in [-0.3, -0.25) is 20.4 Å². The van der Waals surface area contributed by atoms with Crippen molar-refractivity contribution >= 4 is 11.8 Å². The Morgan fingerprint density at radius 1 is 1.00 bits per heavy atom. The van der Waals surface area contributed by atoms with Gasteiger partial charge in [0.05, 0.1) is 5.56 Å². The number of aryl methyl sites for hydroxylation is 2. The summed E-state index contributed by atoms with van der Waals surface area (Å²) in [5.41, 5.74) is 5.22. The molecule has 0 aliphatic carbocycles. The molecule has 0 spiro atoms. The summed E-state index contributed by atoms with van der Waals surface area (Å²) < 4.78 is 42.8. The van der Waals surface area contributed by atoms with E-state index >= 15 is 0 Å². The molecular formula is C18H17F3N2O3. The van der Waals surface area contributed by atoms with Crippen LogP contribution in [0.15, 0.2) is 42.5 Å². The number of alkyl halides is 3. The molecule has 0 fully saturated rings. The fraction of sp³-hybridized carbons (Fsp3) is 0.222. The Labute approximate surface area is 148 Å². The molecule has 0 heterocycles. The molecule has 0 atom stereocenters. The third-order valence-electron chi connectivity index (χ3n) is 3.49. The molecule has 0 aromatic heterocycles. The summed E-state index contributed by atoms with van der Waals surface area (Å²) in [5.74, 6) is -0.792. The molecule has 0 bridgehead atoms. The highest BCUT2D eigenvalue weighted by molar-refractivity contribution is 5.95. The van der Waals surface area contributed by atoms with E-state index in [1.54, 1.807) is 6.07 Å². The number of carbonyl (C=O) groups is 2. The van der Waals surface area contributed by atoms with Gasteiger partial charge in [0.15, 0.2) is 6.61 Å². The highest BCUT2D eigenvalue weighted by Gasteiger charge is 2.30. The Hall–Kier alpha value is -3.03. The van der Waals surface area contributed by atoms with E-state index in [0.717, 1.165) is 35.4 Å². The standard InChI is InChI=1S/C18H17F3N2O3/c1-11-3-4-12(2)15(9-11)26-10-16(24)22-23-17(25)13-5-7-14(8-6-13)18(19,20)21/h3-9H,10H2,1-2H3,(H,22,24)(H,23,25). The number of halogens is 3. The van der Waals surface area contributed by atoms with Crippen LogP contribution >= 0.6 is 0 Å². The van der Waals surface area contributed by atoms with Crippen LogP contribution in [0.1, 0.15) is 27.0 Å². The van der Waals surface area contributed by atoms with E-state index in [1.807, 2.05) is 26.0 Å². The summed E-state index contributed by atoms with van der Waals surface area (Å²) in [5, 5.41) is 0. The molecule has 26 heavy (non-hydrogen) atoms. The SMILES string of the molecule is Cc1ccc(C)c(OCC(=O)NNC(=O)c2ccc(C(F)(F)F)cc2)c1. The average molecular weight is 366 g/mol. The van der Waals surface area contributed by atoms with Crippen molar-refractivity contribution in [3.63, 3.8) is 0 Å². The maximum atomic E-state index is 12.5. The highest BCUT2D eigenvalue weighted by Crippen LogP contribution is 2.29. The molecule has 0 aliphatic heterocycles. The largest absolute Gasteiger partial charge is 0.483 e. The molecule has 5 nitrogen and oxygen atoms in total. The second-order valence-electron chi connectivity index (χ2n) is 5.64. The lowest BCUT2D eigenvalue weighted by Gasteiger charge is -2.11. The molecule has 0 unspecified atom stereocenters. The summed E-state index contributed by atoms with van der Waals surface area (Å²) in [7, 11) is 0. The van der Waals surface area contributed by atoms with Gasteiger partial charge in [-0.15, -0.1) is 0 Å². The molecule has 0 saturated carbocycles. The third kappa shape index (κ3) is 5.23. The zero-order chi connectivity index (χ0) is 19.3. The lowest BCUT2D eigenvalue weighted by atomic mass is 10.1. The molecule has 0 saturated heterocycles. The van der Waals surface area contributed by atoms with Crippen LogP contribution < -0.4 is 15.6 Å². The first kappa shape index (κ1) is 19.3. The quantitative estimate of drug-likeness (QED) is 0.817. The molecule has 0 radical (unpaired) electrons. The fourth-order valence-electron chi connectivity index (χ4n) is 2.05. The van der Waals surface area contributed by atoms with E-state index in [4.69, 9.17) is 4.74 Å².